The fourth-order valence-corrected chi connectivity index (χ4v) is 3.30. The van der Waals surface area contributed by atoms with Crippen LogP contribution in [0.1, 0.15) is 22.2 Å². The third-order valence-electron chi connectivity index (χ3n) is 4.34. The SMILES string of the molecule is CN(C)CCN1C(=O)C(O)=C(C(=O)c2ccco2)[C@@H]1c1ccc(Cl)c(Cl)c1. The molecular weight excluding hydrogens is 391 g/mol. The Morgan fingerprint density at radius 2 is 2.00 bits per heavy atom. The van der Waals surface area contributed by atoms with Crippen LogP contribution in [0, 0.1) is 0 Å². The minimum atomic E-state index is -0.787. The second kappa shape index (κ2) is 7.76. The van der Waals surface area contributed by atoms with E-state index in [-0.39, 0.29) is 11.3 Å². The zero-order valence-corrected chi connectivity index (χ0v) is 16.3. The highest BCUT2D eigenvalue weighted by atomic mass is 35.5. The summed E-state index contributed by atoms with van der Waals surface area (Å²) in [6.07, 6.45) is 1.36. The van der Waals surface area contributed by atoms with Crippen molar-refractivity contribution in [1.29, 1.82) is 0 Å². The van der Waals surface area contributed by atoms with Crippen LogP contribution in [0.2, 0.25) is 10.0 Å². The van der Waals surface area contributed by atoms with Gasteiger partial charge in [0.25, 0.3) is 5.91 Å². The fraction of sp³-hybridized carbons (Fsp3) is 0.263. The Labute approximate surface area is 166 Å². The molecule has 1 N–H and O–H groups in total. The van der Waals surface area contributed by atoms with Gasteiger partial charge in [0.2, 0.25) is 5.78 Å². The molecule has 8 heteroatoms. The normalized spacial score (nSPS) is 17.3. The summed E-state index contributed by atoms with van der Waals surface area (Å²) >= 11 is 12.1. The van der Waals surface area contributed by atoms with Gasteiger partial charge in [-0.25, -0.2) is 0 Å². The van der Waals surface area contributed by atoms with E-state index < -0.39 is 23.5 Å². The van der Waals surface area contributed by atoms with E-state index in [1.807, 2.05) is 19.0 Å². The summed E-state index contributed by atoms with van der Waals surface area (Å²) in [5.74, 6) is -1.69. The number of ketones is 1. The molecule has 2 heterocycles. The average Bonchev–Trinajstić information content (AvgIpc) is 3.24. The molecule has 3 rings (SSSR count). The van der Waals surface area contributed by atoms with Crippen LogP contribution in [0.25, 0.3) is 0 Å². The standard InChI is InChI=1S/C19H18Cl2N2O4/c1-22(2)7-8-23-16(11-5-6-12(20)13(21)10-11)15(18(25)19(23)26)17(24)14-4-3-9-27-14/h3-6,9-10,16,25H,7-8H2,1-2H3/t16-/m0/s1. The lowest BCUT2D eigenvalue weighted by molar-refractivity contribution is -0.129. The van der Waals surface area contributed by atoms with E-state index in [1.165, 1.54) is 17.2 Å². The molecule has 142 valence electrons. The number of hydrogen-bond acceptors (Lipinski definition) is 5. The number of likely N-dealkylation sites (N-methyl/N-ethyl adjacent to an activating group) is 1. The Kier molecular flexibility index (Phi) is 5.60. The minimum Gasteiger partial charge on any atom is -0.503 e. The van der Waals surface area contributed by atoms with E-state index in [0.29, 0.717) is 28.7 Å². The number of benzene rings is 1. The third kappa shape index (κ3) is 3.74. The van der Waals surface area contributed by atoms with Crippen LogP contribution in [-0.4, -0.2) is 53.8 Å². The van der Waals surface area contributed by atoms with E-state index >= 15 is 0 Å². The number of furan rings is 1. The number of Topliss-reactive ketones (excluding diaryl/α,β-unsaturated/α-hetero) is 1. The van der Waals surface area contributed by atoms with Crippen molar-refractivity contribution in [1.82, 2.24) is 9.80 Å². The van der Waals surface area contributed by atoms with Gasteiger partial charge in [0.05, 0.1) is 27.9 Å². The van der Waals surface area contributed by atoms with Crippen LogP contribution in [-0.2, 0) is 4.79 Å². The van der Waals surface area contributed by atoms with Crippen LogP contribution in [0.3, 0.4) is 0 Å². The Bertz CT molecular complexity index is 906. The highest BCUT2D eigenvalue weighted by molar-refractivity contribution is 6.42. The first-order valence-corrected chi connectivity index (χ1v) is 8.98. The van der Waals surface area contributed by atoms with Gasteiger partial charge < -0.3 is 19.3 Å². The van der Waals surface area contributed by atoms with Gasteiger partial charge in [0, 0.05) is 13.1 Å². The van der Waals surface area contributed by atoms with Gasteiger partial charge in [-0.15, -0.1) is 0 Å². The number of aliphatic hydroxyl groups is 1. The lowest BCUT2D eigenvalue weighted by Crippen LogP contribution is -2.36. The number of carbonyl (C=O) groups is 2. The molecular formula is C19H18Cl2N2O4. The van der Waals surface area contributed by atoms with Gasteiger partial charge in [-0.3, -0.25) is 9.59 Å². The molecule has 1 aromatic heterocycles. The molecule has 0 saturated heterocycles. The van der Waals surface area contributed by atoms with Crippen LogP contribution in [0.5, 0.6) is 0 Å². The largest absolute Gasteiger partial charge is 0.503 e. The second-order valence-electron chi connectivity index (χ2n) is 6.45. The maximum Gasteiger partial charge on any atom is 0.290 e. The number of amides is 1. The van der Waals surface area contributed by atoms with E-state index in [9.17, 15) is 14.7 Å². The maximum atomic E-state index is 12.9. The van der Waals surface area contributed by atoms with E-state index in [2.05, 4.69) is 0 Å². The summed E-state index contributed by atoms with van der Waals surface area (Å²) in [6, 6.07) is 7.14. The van der Waals surface area contributed by atoms with Gasteiger partial charge in [-0.2, -0.15) is 0 Å². The summed E-state index contributed by atoms with van der Waals surface area (Å²) in [5, 5.41) is 11.1. The molecule has 27 heavy (non-hydrogen) atoms. The second-order valence-corrected chi connectivity index (χ2v) is 7.26. The Balaban J connectivity index is 2.08. The van der Waals surface area contributed by atoms with Crippen molar-refractivity contribution in [2.75, 3.05) is 27.2 Å². The first-order chi connectivity index (χ1) is 12.8. The quantitative estimate of drug-likeness (QED) is 0.737. The topological polar surface area (TPSA) is 74.0 Å². The number of aliphatic hydroxyl groups excluding tert-OH is 1. The van der Waals surface area contributed by atoms with Crippen molar-refractivity contribution in [2.45, 2.75) is 6.04 Å². The Morgan fingerprint density at radius 3 is 2.59 bits per heavy atom. The molecule has 1 aliphatic rings. The molecule has 2 aromatic rings. The predicted molar refractivity (Wildman–Crippen MR) is 102 cm³/mol. The molecule has 0 bridgehead atoms. The van der Waals surface area contributed by atoms with Crippen LogP contribution < -0.4 is 0 Å². The summed E-state index contributed by atoms with van der Waals surface area (Å²) in [5.41, 5.74) is 0.544. The monoisotopic (exact) mass is 408 g/mol. The summed E-state index contributed by atoms with van der Waals surface area (Å²) in [4.78, 5) is 29.0. The minimum absolute atomic E-state index is 0.0351. The molecule has 0 radical (unpaired) electrons. The van der Waals surface area contributed by atoms with Gasteiger partial charge in [0.15, 0.2) is 11.5 Å². The zero-order chi connectivity index (χ0) is 19.7. The number of halogens is 2. The predicted octanol–water partition coefficient (Wildman–Crippen LogP) is 3.73. The van der Waals surface area contributed by atoms with E-state index in [1.54, 1.807) is 24.3 Å². The van der Waals surface area contributed by atoms with Gasteiger partial charge >= 0.3 is 0 Å². The third-order valence-corrected chi connectivity index (χ3v) is 5.08. The molecule has 0 unspecified atom stereocenters. The first-order valence-electron chi connectivity index (χ1n) is 8.23. The van der Waals surface area contributed by atoms with Crippen LogP contribution >= 0.6 is 23.2 Å². The molecule has 6 nitrogen and oxygen atoms in total. The first kappa shape index (κ1) is 19.5. The summed E-state index contributed by atoms with van der Waals surface area (Å²) in [6.45, 7) is 0.870. The number of carbonyl (C=O) groups excluding carboxylic acids is 2. The smallest absolute Gasteiger partial charge is 0.290 e. The van der Waals surface area contributed by atoms with Crippen molar-refractivity contribution < 1.29 is 19.1 Å². The Hall–Kier alpha value is -2.28. The maximum absolute atomic E-state index is 12.9. The van der Waals surface area contributed by atoms with Crippen molar-refractivity contribution in [2.24, 2.45) is 0 Å². The lowest BCUT2D eigenvalue weighted by Gasteiger charge is -2.28. The molecule has 0 spiro atoms. The highest BCUT2D eigenvalue weighted by Gasteiger charge is 2.44. The Morgan fingerprint density at radius 1 is 1.26 bits per heavy atom. The van der Waals surface area contributed by atoms with Gasteiger partial charge in [0.1, 0.15) is 0 Å². The van der Waals surface area contributed by atoms with E-state index in [0.717, 1.165) is 0 Å². The van der Waals surface area contributed by atoms with Crippen molar-refractivity contribution in [3.63, 3.8) is 0 Å². The molecule has 1 atom stereocenters. The number of rotatable bonds is 6. The number of hydrogen-bond donors (Lipinski definition) is 1. The summed E-state index contributed by atoms with van der Waals surface area (Å²) < 4.78 is 5.17. The zero-order valence-electron chi connectivity index (χ0n) is 14.8. The van der Waals surface area contributed by atoms with Crippen molar-refractivity contribution >= 4 is 34.9 Å². The molecule has 0 fully saturated rings. The van der Waals surface area contributed by atoms with E-state index in [4.69, 9.17) is 27.6 Å². The molecule has 1 amide bonds. The molecule has 0 aliphatic carbocycles. The highest BCUT2D eigenvalue weighted by Crippen LogP contribution is 2.40. The van der Waals surface area contributed by atoms with Crippen LogP contribution in [0.15, 0.2) is 52.3 Å². The van der Waals surface area contributed by atoms with Crippen molar-refractivity contribution in [3.8, 4) is 0 Å². The molecule has 1 aromatic carbocycles. The molecule has 1 aliphatic heterocycles. The van der Waals surface area contributed by atoms with Gasteiger partial charge in [-0.05, 0) is 43.9 Å². The molecule has 0 saturated carbocycles. The lowest BCUT2D eigenvalue weighted by atomic mass is 9.95. The van der Waals surface area contributed by atoms with Crippen molar-refractivity contribution in [3.05, 3.63) is 69.3 Å². The fourth-order valence-electron chi connectivity index (χ4n) is 2.99. The average molecular weight is 409 g/mol. The van der Waals surface area contributed by atoms with Gasteiger partial charge in [-0.1, -0.05) is 29.3 Å². The van der Waals surface area contributed by atoms with Crippen LogP contribution in [0.4, 0.5) is 0 Å². The summed E-state index contributed by atoms with van der Waals surface area (Å²) in [7, 11) is 3.74. The number of nitrogens with zero attached hydrogens (tertiary/aromatic N) is 2.